The number of nitrogen functional groups attached to an aromatic ring is 1. The second-order valence-electron chi connectivity index (χ2n) is 3.63. The molecule has 82 valence electrons. The summed E-state index contributed by atoms with van der Waals surface area (Å²) in [4.78, 5) is 12.5. The molecule has 3 nitrogen and oxygen atoms in total. The van der Waals surface area contributed by atoms with E-state index in [0.29, 0.717) is 10.6 Å². The van der Waals surface area contributed by atoms with Gasteiger partial charge in [0.25, 0.3) is 5.91 Å². The fourth-order valence-electron chi connectivity index (χ4n) is 1.46. The Kier molecular flexibility index (Phi) is 2.66. The smallest absolute Gasteiger partial charge is 0.260 e. The Labute approximate surface area is 97.7 Å². The number of rotatable bonds is 2. The van der Waals surface area contributed by atoms with Gasteiger partial charge in [-0.15, -0.1) is 11.3 Å². The quantitative estimate of drug-likeness (QED) is 0.834. The summed E-state index contributed by atoms with van der Waals surface area (Å²) in [6.45, 7) is 2.03. The van der Waals surface area contributed by atoms with Gasteiger partial charge in [0, 0.05) is 4.88 Å². The van der Waals surface area contributed by atoms with Crippen LogP contribution in [-0.2, 0) is 0 Å². The zero-order valence-corrected chi connectivity index (χ0v) is 9.67. The molecule has 0 aliphatic carbocycles. The minimum absolute atomic E-state index is 0.426. The Bertz CT molecular complexity index is 528. The predicted octanol–water partition coefficient (Wildman–Crippen LogP) is 2.40. The molecule has 0 aliphatic rings. The molecule has 4 N–H and O–H groups in total. The highest BCUT2D eigenvalue weighted by Gasteiger charge is 2.12. The van der Waals surface area contributed by atoms with E-state index in [1.54, 1.807) is 6.07 Å². The fraction of sp³-hybridized carbons (Fsp3) is 0.0833. The SMILES string of the molecule is Cc1ccc(-c2cc(N)c(C(N)=O)s2)cc1. The maximum atomic E-state index is 11.1. The molecule has 0 spiro atoms. The van der Waals surface area contributed by atoms with Gasteiger partial charge in [0.05, 0.1) is 5.69 Å². The van der Waals surface area contributed by atoms with Gasteiger partial charge in [-0.2, -0.15) is 0 Å². The Morgan fingerprint density at radius 3 is 2.38 bits per heavy atom. The Hall–Kier alpha value is -1.81. The van der Waals surface area contributed by atoms with Gasteiger partial charge in [0.1, 0.15) is 4.88 Å². The van der Waals surface area contributed by atoms with Crippen LogP contribution in [0.2, 0.25) is 0 Å². The third-order valence-electron chi connectivity index (χ3n) is 2.32. The van der Waals surface area contributed by atoms with Gasteiger partial charge < -0.3 is 11.5 Å². The molecule has 16 heavy (non-hydrogen) atoms. The van der Waals surface area contributed by atoms with Crippen LogP contribution in [0.1, 0.15) is 15.2 Å². The molecule has 2 aromatic rings. The first kappa shape index (κ1) is 10.7. The molecule has 2 rings (SSSR count). The van der Waals surface area contributed by atoms with Crippen LogP contribution in [0.25, 0.3) is 10.4 Å². The monoisotopic (exact) mass is 232 g/mol. The van der Waals surface area contributed by atoms with E-state index in [0.717, 1.165) is 10.4 Å². The Balaban J connectivity index is 2.45. The van der Waals surface area contributed by atoms with Crippen molar-refractivity contribution in [1.82, 2.24) is 0 Å². The number of hydrogen-bond acceptors (Lipinski definition) is 3. The highest BCUT2D eigenvalue weighted by atomic mass is 32.1. The standard InChI is InChI=1S/C12H12N2OS/c1-7-2-4-8(5-3-7)10-6-9(13)11(16-10)12(14)15/h2-6H,13H2,1H3,(H2,14,15). The summed E-state index contributed by atoms with van der Waals surface area (Å²) in [5.74, 6) is -0.471. The van der Waals surface area contributed by atoms with E-state index in [4.69, 9.17) is 11.5 Å². The molecule has 0 saturated carbocycles. The van der Waals surface area contributed by atoms with Crippen molar-refractivity contribution in [3.8, 4) is 10.4 Å². The maximum Gasteiger partial charge on any atom is 0.260 e. The molecule has 0 fully saturated rings. The molecular formula is C12H12N2OS. The number of aryl methyl sites for hydroxylation is 1. The van der Waals surface area contributed by atoms with E-state index in [9.17, 15) is 4.79 Å². The molecule has 0 atom stereocenters. The zero-order chi connectivity index (χ0) is 11.7. The van der Waals surface area contributed by atoms with Crippen molar-refractivity contribution >= 4 is 22.9 Å². The minimum atomic E-state index is -0.471. The van der Waals surface area contributed by atoms with Crippen molar-refractivity contribution in [3.63, 3.8) is 0 Å². The van der Waals surface area contributed by atoms with Crippen LogP contribution < -0.4 is 11.5 Å². The van der Waals surface area contributed by atoms with Gasteiger partial charge in [-0.3, -0.25) is 4.79 Å². The minimum Gasteiger partial charge on any atom is -0.397 e. The molecule has 0 bridgehead atoms. The van der Waals surface area contributed by atoms with Crippen molar-refractivity contribution in [3.05, 3.63) is 40.8 Å². The molecule has 1 heterocycles. The third kappa shape index (κ3) is 1.92. The Morgan fingerprint density at radius 1 is 1.25 bits per heavy atom. The highest BCUT2D eigenvalue weighted by Crippen LogP contribution is 2.32. The van der Waals surface area contributed by atoms with Crippen molar-refractivity contribution in [2.75, 3.05) is 5.73 Å². The molecule has 1 amide bonds. The highest BCUT2D eigenvalue weighted by molar-refractivity contribution is 7.18. The second kappa shape index (κ2) is 3.98. The molecule has 1 aromatic heterocycles. The van der Waals surface area contributed by atoms with Crippen molar-refractivity contribution in [2.45, 2.75) is 6.92 Å². The third-order valence-corrected chi connectivity index (χ3v) is 3.54. The molecule has 0 unspecified atom stereocenters. The Morgan fingerprint density at radius 2 is 1.88 bits per heavy atom. The van der Waals surface area contributed by atoms with Gasteiger partial charge in [-0.05, 0) is 18.6 Å². The summed E-state index contributed by atoms with van der Waals surface area (Å²) in [6.07, 6.45) is 0. The van der Waals surface area contributed by atoms with Gasteiger partial charge in [-0.1, -0.05) is 29.8 Å². The lowest BCUT2D eigenvalue weighted by Crippen LogP contribution is -2.10. The van der Waals surface area contributed by atoms with Crippen LogP contribution in [0, 0.1) is 6.92 Å². The van der Waals surface area contributed by atoms with E-state index in [1.165, 1.54) is 16.9 Å². The zero-order valence-electron chi connectivity index (χ0n) is 8.86. The largest absolute Gasteiger partial charge is 0.397 e. The predicted molar refractivity (Wildman–Crippen MR) is 67.4 cm³/mol. The van der Waals surface area contributed by atoms with Crippen LogP contribution in [-0.4, -0.2) is 5.91 Å². The normalized spacial score (nSPS) is 10.3. The molecule has 1 aromatic carbocycles. The maximum absolute atomic E-state index is 11.1. The molecular weight excluding hydrogens is 220 g/mol. The van der Waals surface area contributed by atoms with Crippen LogP contribution in [0.4, 0.5) is 5.69 Å². The van der Waals surface area contributed by atoms with Gasteiger partial charge in [0.2, 0.25) is 0 Å². The molecule has 0 saturated heterocycles. The molecule has 0 radical (unpaired) electrons. The first-order chi connectivity index (χ1) is 7.58. The number of benzene rings is 1. The number of amides is 1. The van der Waals surface area contributed by atoms with Gasteiger partial charge >= 0.3 is 0 Å². The van der Waals surface area contributed by atoms with Crippen LogP contribution in [0.5, 0.6) is 0 Å². The number of thiophene rings is 1. The number of hydrogen-bond donors (Lipinski definition) is 2. The van der Waals surface area contributed by atoms with E-state index in [1.807, 2.05) is 31.2 Å². The topological polar surface area (TPSA) is 69.1 Å². The summed E-state index contributed by atoms with van der Waals surface area (Å²) in [7, 11) is 0. The van der Waals surface area contributed by atoms with E-state index in [-0.39, 0.29) is 0 Å². The number of primary amides is 1. The lowest BCUT2D eigenvalue weighted by Gasteiger charge is -1.97. The number of nitrogens with two attached hydrogens (primary N) is 2. The van der Waals surface area contributed by atoms with Gasteiger partial charge in [-0.25, -0.2) is 0 Å². The number of anilines is 1. The summed E-state index contributed by atoms with van der Waals surface area (Å²) < 4.78 is 0. The van der Waals surface area contributed by atoms with Gasteiger partial charge in [0.15, 0.2) is 0 Å². The van der Waals surface area contributed by atoms with Crippen molar-refractivity contribution in [2.24, 2.45) is 5.73 Å². The van der Waals surface area contributed by atoms with Crippen LogP contribution in [0.15, 0.2) is 30.3 Å². The van der Waals surface area contributed by atoms with Crippen LogP contribution >= 0.6 is 11.3 Å². The summed E-state index contributed by atoms with van der Waals surface area (Å²) in [6, 6.07) is 9.84. The second-order valence-corrected chi connectivity index (χ2v) is 4.68. The summed E-state index contributed by atoms with van der Waals surface area (Å²) in [5.41, 5.74) is 13.6. The first-order valence-corrected chi connectivity index (χ1v) is 5.65. The summed E-state index contributed by atoms with van der Waals surface area (Å²) >= 11 is 1.33. The average Bonchev–Trinajstić information content (AvgIpc) is 2.61. The van der Waals surface area contributed by atoms with E-state index in [2.05, 4.69) is 0 Å². The molecule has 4 heteroatoms. The lowest BCUT2D eigenvalue weighted by molar-refractivity contribution is 0.100. The fourth-order valence-corrected chi connectivity index (χ4v) is 2.39. The van der Waals surface area contributed by atoms with Crippen molar-refractivity contribution in [1.29, 1.82) is 0 Å². The van der Waals surface area contributed by atoms with E-state index < -0.39 is 5.91 Å². The average molecular weight is 232 g/mol. The first-order valence-electron chi connectivity index (χ1n) is 4.84. The summed E-state index contributed by atoms with van der Waals surface area (Å²) in [5, 5.41) is 0. The van der Waals surface area contributed by atoms with Crippen molar-refractivity contribution < 1.29 is 4.79 Å². The lowest BCUT2D eigenvalue weighted by atomic mass is 10.1. The van der Waals surface area contributed by atoms with Crippen LogP contribution in [0.3, 0.4) is 0 Å². The van der Waals surface area contributed by atoms with E-state index >= 15 is 0 Å². The number of carbonyl (C=O) groups is 1. The molecule has 0 aliphatic heterocycles. The number of carbonyl (C=O) groups excluding carboxylic acids is 1.